The summed E-state index contributed by atoms with van der Waals surface area (Å²) in [5, 5.41) is 3.05. The highest BCUT2D eigenvalue weighted by Crippen LogP contribution is 2.34. The minimum atomic E-state index is -4.49. The Morgan fingerprint density at radius 1 is 1.11 bits per heavy atom. The van der Waals surface area contributed by atoms with E-state index in [2.05, 4.69) is 37.2 Å². The van der Waals surface area contributed by atoms with E-state index in [0.29, 0.717) is 6.04 Å². The van der Waals surface area contributed by atoms with Crippen molar-refractivity contribution >= 4 is 22.6 Å². The number of amides is 1. The van der Waals surface area contributed by atoms with Gasteiger partial charge in [0.1, 0.15) is 17.1 Å². The topological polar surface area (TPSA) is 73.5 Å². The standard InChI is InChI=1S/C26H30F3N5O2/c1-36-20-7-5-18(6-8-20)33-13-10-19(11-14-33)34-12-9-17(16-34)30-24(35)15-23-31-22-4-2-3-21(25(22)32-23)26(27,28)29/h2-8,17,19H,9-16H2,1H3,(H,30,35)(H,31,32)/t17-/m1/s1. The lowest BCUT2D eigenvalue weighted by molar-refractivity contribution is -0.136. The van der Waals surface area contributed by atoms with Crippen LogP contribution in [0.1, 0.15) is 30.7 Å². The molecule has 0 spiro atoms. The zero-order valence-corrected chi connectivity index (χ0v) is 20.1. The molecule has 0 unspecified atom stereocenters. The number of imidazole rings is 1. The molecule has 2 fully saturated rings. The fraction of sp³-hybridized carbons (Fsp3) is 0.462. The molecule has 2 N–H and O–H groups in total. The van der Waals surface area contributed by atoms with Crippen LogP contribution in [0.2, 0.25) is 0 Å². The van der Waals surface area contributed by atoms with Gasteiger partial charge in [0.05, 0.1) is 24.6 Å². The smallest absolute Gasteiger partial charge is 0.418 e. The molecule has 7 nitrogen and oxygen atoms in total. The summed E-state index contributed by atoms with van der Waals surface area (Å²) in [6.07, 6.45) is -1.59. The van der Waals surface area contributed by atoms with Crippen LogP contribution < -0.4 is 15.0 Å². The van der Waals surface area contributed by atoms with Gasteiger partial charge in [-0.15, -0.1) is 0 Å². The first kappa shape index (κ1) is 24.4. The normalized spacial score (nSPS) is 19.7. The van der Waals surface area contributed by atoms with Gasteiger partial charge in [-0.1, -0.05) is 6.07 Å². The predicted octanol–water partition coefficient (Wildman–Crippen LogP) is 3.99. The number of ether oxygens (including phenoxy) is 1. The zero-order valence-electron chi connectivity index (χ0n) is 20.1. The number of piperidine rings is 1. The third-order valence-electron chi connectivity index (χ3n) is 7.20. The van der Waals surface area contributed by atoms with Crippen molar-refractivity contribution in [1.82, 2.24) is 20.2 Å². The highest BCUT2D eigenvalue weighted by Gasteiger charge is 2.34. The second kappa shape index (κ2) is 10.0. The Kier molecular flexibility index (Phi) is 6.79. The van der Waals surface area contributed by atoms with Gasteiger partial charge in [-0.2, -0.15) is 13.2 Å². The highest BCUT2D eigenvalue weighted by molar-refractivity contribution is 5.82. The molecule has 0 radical (unpaired) electrons. The van der Waals surface area contributed by atoms with E-state index in [1.807, 2.05) is 12.1 Å². The molecule has 2 saturated heterocycles. The fourth-order valence-electron chi connectivity index (χ4n) is 5.35. The number of aromatic amines is 1. The molecule has 5 rings (SSSR count). The Morgan fingerprint density at radius 2 is 1.86 bits per heavy atom. The first-order valence-electron chi connectivity index (χ1n) is 12.3. The quantitative estimate of drug-likeness (QED) is 0.535. The molecule has 36 heavy (non-hydrogen) atoms. The number of alkyl halides is 3. The summed E-state index contributed by atoms with van der Waals surface area (Å²) in [5.41, 5.74) is 0.530. The maximum Gasteiger partial charge on any atom is 0.418 e. The van der Waals surface area contributed by atoms with Crippen LogP contribution in [-0.4, -0.2) is 66.1 Å². The lowest BCUT2D eigenvalue weighted by Gasteiger charge is -2.38. The van der Waals surface area contributed by atoms with Crippen molar-refractivity contribution in [3.05, 3.63) is 53.9 Å². The molecular weight excluding hydrogens is 471 g/mol. The summed E-state index contributed by atoms with van der Waals surface area (Å²) in [6, 6.07) is 12.5. The van der Waals surface area contributed by atoms with E-state index >= 15 is 0 Å². The van der Waals surface area contributed by atoms with Gasteiger partial charge in [0.15, 0.2) is 0 Å². The number of anilines is 1. The number of fused-ring (bicyclic) bond motifs is 1. The largest absolute Gasteiger partial charge is 0.497 e. The number of carbonyl (C=O) groups excluding carboxylic acids is 1. The number of benzene rings is 2. The third kappa shape index (κ3) is 5.28. The summed E-state index contributed by atoms with van der Waals surface area (Å²) >= 11 is 0. The van der Waals surface area contributed by atoms with Crippen molar-refractivity contribution in [3.8, 4) is 5.75 Å². The van der Waals surface area contributed by atoms with Crippen LogP contribution in [0.3, 0.4) is 0 Å². The van der Waals surface area contributed by atoms with Crippen molar-refractivity contribution in [1.29, 1.82) is 0 Å². The minimum Gasteiger partial charge on any atom is -0.497 e. The van der Waals surface area contributed by atoms with E-state index in [4.69, 9.17) is 4.74 Å². The zero-order chi connectivity index (χ0) is 25.3. The first-order valence-corrected chi connectivity index (χ1v) is 12.3. The molecule has 192 valence electrons. The number of methoxy groups -OCH3 is 1. The number of nitrogens with one attached hydrogen (secondary N) is 2. The molecule has 1 amide bonds. The predicted molar refractivity (Wildman–Crippen MR) is 131 cm³/mol. The van der Waals surface area contributed by atoms with Gasteiger partial charge in [-0.05, 0) is 55.7 Å². The molecule has 1 aromatic heterocycles. The molecule has 1 atom stereocenters. The maximum atomic E-state index is 13.2. The van der Waals surface area contributed by atoms with Gasteiger partial charge < -0.3 is 19.9 Å². The van der Waals surface area contributed by atoms with Crippen molar-refractivity contribution in [2.75, 3.05) is 38.2 Å². The molecule has 3 heterocycles. The number of carbonyl (C=O) groups is 1. The van der Waals surface area contributed by atoms with Crippen molar-refractivity contribution < 1.29 is 22.7 Å². The number of H-pyrrole nitrogens is 1. The first-order chi connectivity index (χ1) is 17.3. The number of hydrogen-bond donors (Lipinski definition) is 2. The summed E-state index contributed by atoms with van der Waals surface area (Å²) in [7, 11) is 1.66. The van der Waals surface area contributed by atoms with Crippen molar-refractivity contribution in [2.45, 2.75) is 43.9 Å². The van der Waals surface area contributed by atoms with Crippen LogP contribution in [0, 0.1) is 0 Å². The summed E-state index contributed by atoms with van der Waals surface area (Å²) in [5.74, 6) is 0.855. The van der Waals surface area contributed by atoms with E-state index in [9.17, 15) is 18.0 Å². The van der Waals surface area contributed by atoms with Crippen LogP contribution in [0.4, 0.5) is 18.9 Å². The maximum absolute atomic E-state index is 13.2. The highest BCUT2D eigenvalue weighted by atomic mass is 19.4. The number of nitrogens with zero attached hydrogens (tertiary/aromatic N) is 3. The van der Waals surface area contributed by atoms with Crippen LogP contribution in [0.15, 0.2) is 42.5 Å². The Bertz CT molecular complexity index is 1200. The number of halogens is 3. The number of para-hydroxylation sites is 1. The second-order valence-corrected chi connectivity index (χ2v) is 9.52. The number of aromatic nitrogens is 2. The van der Waals surface area contributed by atoms with Gasteiger partial charge in [-0.25, -0.2) is 4.98 Å². The number of hydrogen-bond acceptors (Lipinski definition) is 5. The summed E-state index contributed by atoms with van der Waals surface area (Å²) < 4.78 is 45.0. The molecule has 3 aromatic rings. The van der Waals surface area contributed by atoms with Gasteiger partial charge >= 0.3 is 6.18 Å². The molecule has 2 aromatic carbocycles. The molecule has 10 heteroatoms. The Hall–Kier alpha value is -3.27. The number of rotatable bonds is 6. The van der Waals surface area contributed by atoms with Gasteiger partial charge in [0.2, 0.25) is 5.91 Å². The fourth-order valence-corrected chi connectivity index (χ4v) is 5.35. The van der Waals surface area contributed by atoms with E-state index in [-0.39, 0.29) is 35.2 Å². The molecule has 2 aliphatic heterocycles. The van der Waals surface area contributed by atoms with Crippen molar-refractivity contribution in [3.63, 3.8) is 0 Å². The van der Waals surface area contributed by atoms with Gasteiger partial charge in [-0.3, -0.25) is 9.69 Å². The van der Waals surface area contributed by atoms with Gasteiger partial charge in [0.25, 0.3) is 0 Å². The summed E-state index contributed by atoms with van der Waals surface area (Å²) in [6.45, 7) is 3.68. The van der Waals surface area contributed by atoms with E-state index in [0.717, 1.165) is 57.3 Å². The Labute approximate surface area is 207 Å². The van der Waals surface area contributed by atoms with E-state index in [1.165, 1.54) is 17.8 Å². The van der Waals surface area contributed by atoms with Crippen molar-refractivity contribution in [2.24, 2.45) is 0 Å². The van der Waals surface area contributed by atoms with Crippen LogP contribution >= 0.6 is 0 Å². The molecule has 0 aliphatic carbocycles. The minimum absolute atomic E-state index is 0.0345. The average Bonchev–Trinajstić information content (AvgIpc) is 3.50. The van der Waals surface area contributed by atoms with E-state index < -0.39 is 11.7 Å². The monoisotopic (exact) mass is 501 g/mol. The van der Waals surface area contributed by atoms with Crippen LogP contribution in [-0.2, 0) is 17.4 Å². The number of likely N-dealkylation sites (tertiary alicyclic amines) is 1. The van der Waals surface area contributed by atoms with Gasteiger partial charge in [0, 0.05) is 44.0 Å². The molecule has 0 saturated carbocycles. The summed E-state index contributed by atoms with van der Waals surface area (Å²) in [4.78, 5) is 24.4. The Balaban J connectivity index is 1.11. The van der Waals surface area contributed by atoms with E-state index in [1.54, 1.807) is 7.11 Å². The average molecular weight is 502 g/mol. The SMILES string of the molecule is COc1ccc(N2CCC(N3CC[C@@H](NC(=O)Cc4nc5c(C(F)(F)F)cccc5[nH]4)C3)CC2)cc1. The van der Waals surface area contributed by atoms with Crippen LogP contribution in [0.5, 0.6) is 5.75 Å². The lowest BCUT2D eigenvalue weighted by atomic mass is 10.0. The molecular formula is C26H30F3N5O2. The van der Waals surface area contributed by atoms with Crippen LogP contribution in [0.25, 0.3) is 11.0 Å². The molecule has 2 aliphatic rings. The third-order valence-corrected chi connectivity index (χ3v) is 7.20. The Morgan fingerprint density at radius 3 is 2.56 bits per heavy atom. The second-order valence-electron chi connectivity index (χ2n) is 9.52. The lowest BCUT2D eigenvalue weighted by Crippen LogP contribution is -2.45. The molecule has 0 bridgehead atoms.